The molecule has 0 aliphatic carbocycles. The quantitative estimate of drug-likeness (QED) is 0.499. The van der Waals surface area contributed by atoms with Gasteiger partial charge in [-0.2, -0.15) is 31.3 Å². The summed E-state index contributed by atoms with van der Waals surface area (Å²) in [7, 11) is 0. The van der Waals surface area contributed by atoms with Crippen LogP contribution in [0.3, 0.4) is 0 Å². The number of aliphatic hydroxyl groups excluding tert-OH is 1. The van der Waals surface area contributed by atoms with Gasteiger partial charge < -0.3 is 15.7 Å². The van der Waals surface area contributed by atoms with Crippen molar-refractivity contribution in [2.45, 2.75) is 16.6 Å². The molecule has 1 aromatic carbocycles. The van der Waals surface area contributed by atoms with E-state index in [2.05, 4.69) is 20.6 Å². The van der Waals surface area contributed by atoms with Gasteiger partial charge in [0, 0.05) is 23.2 Å². The lowest BCUT2D eigenvalue weighted by Crippen LogP contribution is -2.15. The standard InChI is InChI=1S/C14H12F6N4OS/c15-13(16,17)10-7-11(24-12(23-10)21-4-5-25)22-8-2-1-3-9(6-8)26-14(18,19)20/h1-3,6-7,25H,4-5H2,(H2,21,22,23,24). The Morgan fingerprint density at radius 1 is 1.04 bits per heavy atom. The molecule has 2 aromatic rings. The molecule has 142 valence electrons. The highest BCUT2D eigenvalue weighted by atomic mass is 32.2. The Morgan fingerprint density at radius 2 is 1.77 bits per heavy atom. The Labute approximate surface area is 147 Å². The fourth-order valence-corrected chi connectivity index (χ4v) is 2.42. The maximum atomic E-state index is 12.9. The van der Waals surface area contributed by atoms with Crippen molar-refractivity contribution in [1.29, 1.82) is 0 Å². The number of alkyl halides is 6. The number of hydrogen-bond acceptors (Lipinski definition) is 6. The van der Waals surface area contributed by atoms with Crippen molar-refractivity contribution < 1.29 is 31.4 Å². The van der Waals surface area contributed by atoms with Crippen LogP contribution in [-0.2, 0) is 6.18 Å². The second-order valence-electron chi connectivity index (χ2n) is 4.81. The summed E-state index contributed by atoms with van der Waals surface area (Å²) in [4.78, 5) is 6.98. The molecular weight excluding hydrogens is 386 g/mol. The van der Waals surface area contributed by atoms with Gasteiger partial charge in [0.1, 0.15) is 5.82 Å². The van der Waals surface area contributed by atoms with E-state index in [1.807, 2.05) is 0 Å². The number of rotatable bonds is 6. The predicted molar refractivity (Wildman–Crippen MR) is 84.2 cm³/mol. The molecule has 0 saturated carbocycles. The maximum absolute atomic E-state index is 12.9. The molecule has 1 heterocycles. The van der Waals surface area contributed by atoms with Crippen molar-refractivity contribution in [3.8, 4) is 0 Å². The summed E-state index contributed by atoms with van der Waals surface area (Å²) in [6.07, 6.45) is -4.75. The van der Waals surface area contributed by atoms with Crippen LogP contribution in [0.15, 0.2) is 35.2 Å². The third-order valence-corrected chi connectivity index (χ3v) is 3.47. The van der Waals surface area contributed by atoms with E-state index >= 15 is 0 Å². The molecule has 12 heteroatoms. The molecule has 0 spiro atoms. The molecule has 0 fully saturated rings. The number of nitrogens with one attached hydrogen (secondary N) is 2. The summed E-state index contributed by atoms with van der Waals surface area (Å²) in [6.45, 7) is -0.419. The molecule has 0 aliphatic rings. The molecule has 0 radical (unpaired) electrons. The fraction of sp³-hybridized carbons (Fsp3) is 0.286. The lowest BCUT2D eigenvalue weighted by molar-refractivity contribution is -0.141. The van der Waals surface area contributed by atoms with E-state index in [0.717, 1.165) is 6.07 Å². The summed E-state index contributed by atoms with van der Waals surface area (Å²) in [5, 5.41) is 13.7. The van der Waals surface area contributed by atoms with E-state index < -0.39 is 17.4 Å². The van der Waals surface area contributed by atoms with Gasteiger partial charge in [-0.05, 0) is 30.0 Å². The van der Waals surface area contributed by atoms with Crippen LogP contribution in [0.4, 0.5) is 43.8 Å². The summed E-state index contributed by atoms with van der Waals surface area (Å²) in [5.41, 5.74) is -5.60. The molecule has 5 nitrogen and oxygen atoms in total. The first kappa shape index (κ1) is 20.1. The summed E-state index contributed by atoms with van der Waals surface area (Å²) in [5.74, 6) is -0.640. The number of anilines is 3. The van der Waals surface area contributed by atoms with Crippen LogP contribution in [0, 0.1) is 0 Å². The Balaban J connectivity index is 2.29. The van der Waals surface area contributed by atoms with Crippen molar-refractivity contribution >= 4 is 29.2 Å². The second kappa shape index (κ2) is 7.99. The number of aliphatic hydroxyl groups is 1. The second-order valence-corrected chi connectivity index (χ2v) is 5.95. The van der Waals surface area contributed by atoms with Gasteiger partial charge >= 0.3 is 11.7 Å². The molecule has 0 bridgehead atoms. The molecular formula is C14H12F6N4OS. The summed E-state index contributed by atoms with van der Waals surface area (Å²) >= 11 is -0.346. The minimum Gasteiger partial charge on any atom is -0.395 e. The SMILES string of the molecule is OCCNc1nc(Nc2cccc(SC(F)(F)F)c2)cc(C(F)(F)F)n1. The average Bonchev–Trinajstić information content (AvgIpc) is 2.50. The van der Waals surface area contributed by atoms with Crippen LogP contribution in [-0.4, -0.2) is 33.7 Å². The van der Waals surface area contributed by atoms with Crippen LogP contribution >= 0.6 is 11.8 Å². The zero-order chi connectivity index (χ0) is 19.4. The minimum absolute atomic E-state index is 0.0710. The van der Waals surface area contributed by atoms with Gasteiger partial charge in [-0.25, -0.2) is 4.98 Å². The number of nitrogens with zero attached hydrogens (tertiary/aromatic N) is 2. The molecule has 3 N–H and O–H groups in total. The van der Waals surface area contributed by atoms with Crippen LogP contribution in [0.1, 0.15) is 5.69 Å². The highest BCUT2D eigenvalue weighted by Crippen LogP contribution is 2.38. The van der Waals surface area contributed by atoms with Crippen molar-refractivity contribution in [2.75, 3.05) is 23.8 Å². The van der Waals surface area contributed by atoms with Crippen molar-refractivity contribution in [3.63, 3.8) is 0 Å². The summed E-state index contributed by atoms with van der Waals surface area (Å²) < 4.78 is 76.1. The third kappa shape index (κ3) is 6.26. The van der Waals surface area contributed by atoms with Crippen molar-refractivity contribution in [2.24, 2.45) is 0 Å². The van der Waals surface area contributed by atoms with E-state index in [9.17, 15) is 26.3 Å². The topological polar surface area (TPSA) is 70.1 Å². The third-order valence-electron chi connectivity index (χ3n) is 2.75. The van der Waals surface area contributed by atoms with E-state index in [1.54, 1.807) is 0 Å². The normalized spacial score (nSPS) is 12.1. The molecule has 26 heavy (non-hydrogen) atoms. The zero-order valence-corrected chi connectivity index (χ0v) is 13.6. The van der Waals surface area contributed by atoms with E-state index in [-0.39, 0.29) is 47.3 Å². The lowest BCUT2D eigenvalue weighted by Gasteiger charge is -2.13. The Morgan fingerprint density at radius 3 is 2.38 bits per heavy atom. The zero-order valence-electron chi connectivity index (χ0n) is 12.8. The minimum atomic E-state index is -4.75. The monoisotopic (exact) mass is 398 g/mol. The molecule has 0 aliphatic heterocycles. The smallest absolute Gasteiger partial charge is 0.395 e. The molecule has 2 rings (SSSR count). The maximum Gasteiger partial charge on any atom is 0.446 e. The van der Waals surface area contributed by atoms with Gasteiger partial charge in [-0.3, -0.25) is 0 Å². The number of thioether (sulfide) groups is 1. The van der Waals surface area contributed by atoms with E-state index in [4.69, 9.17) is 5.11 Å². The first-order chi connectivity index (χ1) is 12.1. The number of halogens is 6. The van der Waals surface area contributed by atoms with E-state index in [1.165, 1.54) is 18.2 Å². The molecule has 0 atom stereocenters. The molecule has 0 saturated heterocycles. The highest BCUT2D eigenvalue weighted by molar-refractivity contribution is 8.00. The fourth-order valence-electron chi connectivity index (χ4n) is 1.82. The van der Waals surface area contributed by atoms with Gasteiger partial charge in [0.2, 0.25) is 5.95 Å². The van der Waals surface area contributed by atoms with Crippen LogP contribution < -0.4 is 10.6 Å². The van der Waals surface area contributed by atoms with Gasteiger partial charge in [-0.15, -0.1) is 0 Å². The Bertz CT molecular complexity index is 753. The van der Waals surface area contributed by atoms with Gasteiger partial charge in [-0.1, -0.05) is 6.07 Å². The Kier molecular flexibility index (Phi) is 6.18. The van der Waals surface area contributed by atoms with Gasteiger partial charge in [0.25, 0.3) is 0 Å². The lowest BCUT2D eigenvalue weighted by atomic mass is 10.3. The van der Waals surface area contributed by atoms with Crippen LogP contribution in [0.2, 0.25) is 0 Å². The largest absolute Gasteiger partial charge is 0.446 e. The molecule has 1 aromatic heterocycles. The van der Waals surface area contributed by atoms with Crippen LogP contribution in [0.25, 0.3) is 0 Å². The van der Waals surface area contributed by atoms with Crippen LogP contribution in [0.5, 0.6) is 0 Å². The average molecular weight is 398 g/mol. The van der Waals surface area contributed by atoms with Crippen molar-refractivity contribution in [3.05, 3.63) is 36.0 Å². The first-order valence-corrected chi connectivity index (χ1v) is 7.82. The van der Waals surface area contributed by atoms with Gasteiger partial charge in [0.15, 0.2) is 5.69 Å². The van der Waals surface area contributed by atoms with Gasteiger partial charge in [0.05, 0.1) is 6.61 Å². The number of benzene rings is 1. The highest BCUT2D eigenvalue weighted by Gasteiger charge is 2.34. The van der Waals surface area contributed by atoms with Crippen molar-refractivity contribution in [1.82, 2.24) is 9.97 Å². The molecule has 0 unspecified atom stereocenters. The summed E-state index contributed by atoms with van der Waals surface area (Å²) in [6, 6.07) is 5.70. The predicted octanol–water partition coefficient (Wildman–Crippen LogP) is 4.26. The number of aromatic nitrogens is 2. The molecule has 0 amide bonds. The van der Waals surface area contributed by atoms with E-state index in [0.29, 0.717) is 6.07 Å². The Hall–Kier alpha value is -2.21. The first-order valence-electron chi connectivity index (χ1n) is 7.01. The number of hydrogen-bond donors (Lipinski definition) is 3.